The summed E-state index contributed by atoms with van der Waals surface area (Å²) in [6.07, 6.45) is 7.20. The van der Waals surface area contributed by atoms with Crippen LogP contribution in [-0.4, -0.2) is 71.6 Å². The Morgan fingerprint density at radius 1 is 1.03 bits per heavy atom. The number of anilines is 1. The van der Waals surface area contributed by atoms with Gasteiger partial charge in [-0.3, -0.25) is 14.5 Å². The highest BCUT2D eigenvalue weighted by atomic mass is 16.5. The van der Waals surface area contributed by atoms with Gasteiger partial charge in [-0.05, 0) is 86.3 Å². The lowest BCUT2D eigenvalue weighted by Crippen LogP contribution is -2.57. The summed E-state index contributed by atoms with van der Waals surface area (Å²) >= 11 is 0. The lowest BCUT2D eigenvalue weighted by molar-refractivity contribution is -0.136. The van der Waals surface area contributed by atoms with Crippen LogP contribution in [0, 0.1) is 5.92 Å². The molecule has 3 aliphatic rings. The molecule has 0 atom stereocenters. The van der Waals surface area contributed by atoms with Gasteiger partial charge in [-0.15, -0.1) is 0 Å². The number of piperidine rings is 1. The summed E-state index contributed by atoms with van der Waals surface area (Å²) in [5.41, 5.74) is 2.19. The SMILES string of the molecule is COc1ccc(CCCCN2C(=O)N(CC3CCC3)C(=O)C23CCN(c2cccc(CC(=O)O)c2)CC3)cc1. The van der Waals surface area contributed by atoms with E-state index in [2.05, 4.69) is 17.0 Å². The van der Waals surface area contributed by atoms with Crippen molar-refractivity contribution < 1.29 is 24.2 Å². The summed E-state index contributed by atoms with van der Waals surface area (Å²) < 4.78 is 5.25. The molecule has 2 aromatic carbocycles. The molecule has 8 heteroatoms. The van der Waals surface area contributed by atoms with Crippen LogP contribution < -0.4 is 9.64 Å². The lowest BCUT2D eigenvalue weighted by Gasteiger charge is -2.43. The molecule has 2 aromatic rings. The molecule has 39 heavy (non-hydrogen) atoms. The summed E-state index contributed by atoms with van der Waals surface area (Å²) in [6.45, 7) is 2.42. The second kappa shape index (κ2) is 11.7. The predicted molar refractivity (Wildman–Crippen MR) is 149 cm³/mol. The molecule has 5 rings (SSSR count). The van der Waals surface area contributed by atoms with Gasteiger partial charge in [0.25, 0.3) is 5.91 Å². The number of aryl methyl sites for hydroxylation is 1. The average Bonchev–Trinajstić information content (AvgIpc) is 3.09. The summed E-state index contributed by atoms with van der Waals surface area (Å²) in [5, 5.41) is 9.18. The fraction of sp³-hybridized carbons (Fsp3) is 0.516. The molecular formula is C31H39N3O5. The van der Waals surface area contributed by atoms with Crippen molar-refractivity contribution in [3.05, 3.63) is 59.7 Å². The number of carboxylic acids is 1. The normalized spacial score (nSPS) is 19.1. The molecule has 1 spiro atoms. The Morgan fingerprint density at radius 2 is 1.77 bits per heavy atom. The van der Waals surface area contributed by atoms with Crippen molar-refractivity contribution in [2.24, 2.45) is 5.92 Å². The number of ether oxygens (including phenoxy) is 1. The second-order valence-electron chi connectivity index (χ2n) is 11.2. The first kappa shape index (κ1) is 27.0. The molecule has 3 amide bonds. The molecule has 1 aliphatic carbocycles. The topological polar surface area (TPSA) is 90.4 Å². The number of methoxy groups -OCH3 is 1. The largest absolute Gasteiger partial charge is 0.497 e. The van der Waals surface area contributed by atoms with Gasteiger partial charge >= 0.3 is 12.0 Å². The van der Waals surface area contributed by atoms with Gasteiger partial charge < -0.3 is 19.6 Å². The number of urea groups is 1. The van der Waals surface area contributed by atoms with Crippen molar-refractivity contribution in [1.82, 2.24) is 9.80 Å². The number of hydrogen-bond donors (Lipinski definition) is 1. The molecule has 2 heterocycles. The standard InChI is InChI=1S/C31H39N3O5/c1-39-27-13-11-23(12-14-27)6-2-3-17-34-30(38)33(22-24-7-4-8-24)29(37)31(34)15-18-32(19-16-31)26-10-5-9-25(20-26)21-28(35)36/h5,9-14,20,24H,2-4,6-8,15-19,21-22H2,1H3,(H,35,36). The number of carboxylic acid groups (broad SMARTS) is 1. The number of carbonyl (C=O) groups is 3. The van der Waals surface area contributed by atoms with Gasteiger partial charge in [-0.1, -0.05) is 30.7 Å². The van der Waals surface area contributed by atoms with Crippen LogP contribution in [0.2, 0.25) is 0 Å². The van der Waals surface area contributed by atoms with Crippen LogP contribution in [-0.2, 0) is 22.4 Å². The third-order valence-electron chi connectivity index (χ3n) is 8.77. The van der Waals surface area contributed by atoms with Crippen LogP contribution in [0.15, 0.2) is 48.5 Å². The molecule has 0 aromatic heterocycles. The van der Waals surface area contributed by atoms with Gasteiger partial charge in [-0.25, -0.2) is 4.79 Å². The van der Waals surface area contributed by atoms with E-state index in [0.29, 0.717) is 44.9 Å². The Kier molecular flexibility index (Phi) is 8.10. The Bertz CT molecular complexity index is 1180. The van der Waals surface area contributed by atoms with Crippen molar-refractivity contribution >= 4 is 23.6 Å². The van der Waals surface area contributed by atoms with Gasteiger partial charge in [0.2, 0.25) is 0 Å². The van der Waals surface area contributed by atoms with Gasteiger partial charge in [0.1, 0.15) is 11.3 Å². The number of rotatable bonds is 11. The number of unbranched alkanes of at least 4 members (excludes halogenated alkanes) is 1. The number of carbonyl (C=O) groups excluding carboxylic acids is 2. The fourth-order valence-electron chi connectivity index (χ4n) is 6.23. The third kappa shape index (κ3) is 5.75. The Balaban J connectivity index is 1.26. The number of aliphatic carboxylic acids is 1. The van der Waals surface area contributed by atoms with Crippen LogP contribution >= 0.6 is 0 Å². The minimum absolute atomic E-state index is 0.0148. The summed E-state index contributed by atoms with van der Waals surface area (Å²) in [7, 11) is 1.66. The molecule has 2 aliphatic heterocycles. The molecular weight excluding hydrogens is 494 g/mol. The zero-order chi connectivity index (χ0) is 27.4. The molecule has 0 unspecified atom stereocenters. The average molecular weight is 534 g/mol. The maximum Gasteiger partial charge on any atom is 0.327 e. The van der Waals surface area contributed by atoms with Gasteiger partial charge in [0.15, 0.2) is 0 Å². The number of benzene rings is 2. The highest BCUT2D eigenvalue weighted by Crippen LogP contribution is 2.40. The molecule has 1 N–H and O–H groups in total. The molecule has 0 radical (unpaired) electrons. The van der Waals surface area contributed by atoms with E-state index in [4.69, 9.17) is 4.74 Å². The van der Waals surface area contributed by atoms with Crippen LogP contribution in [0.25, 0.3) is 0 Å². The van der Waals surface area contributed by atoms with Crippen LogP contribution in [0.4, 0.5) is 10.5 Å². The first-order chi connectivity index (χ1) is 18.9. The fourth-order valence-corrected chi connectivity index (χ4v) is 6.23. The van der Waals surface area contributed by atoms with Crippen molar-refractivity contribution in [3.63, 3.8) is 0 Å². The van der Waals surface area contributed by atoms with E-state index in [1.807, 2.05) is 41.3 Å². The zero-order valence-corrected chi connectivity index (χ0v) is 22.8. The van der Waals surface area contributed by atoms with E-state index in [1.54, 1.807) is 12.0 Å². The predicted octanol–water partition coefficient (Wildman–Crippen LogP) is 4.75. The number of nitrogens with zero attached hydrogens (tertiary/aromatic N) is 3. The highest BCUT2D eigenvalue weighted by Gasteiger charge is 2.58. The van der Waals surface area contributed by atoms with Crippen molar-refractivity contribution in [2.75, 3.05) is 38.2 Å². The summed E-state index contributed by atoms with van der Waals surface area (Å²) in [5.74, 6) is 0.401. The van der Waals surface area contributed by atoms with E-state index in [0.717, 1.165) is 49.1 Å². The van der Waals surface area contributed by atoms with Gasteiger partial charge in [0.05, 0.1) is 13.5 Å². The molecule has 0 bridgehead atoms. The zero-order valence-electron chi connectivity index (χ0n) is 22.8. The highest BCUT2D eigenvalue weighted by molar-refractivity contribution is 6.07. The van der Waals surface area contributed by atoms with Crippen LogP contribution in [0.1, 0.15) is 56.1 Å². The molecule has 8 nitrogen and oxygen atoms in total. The maximum atomic E-state index is 13.9. The van der Waals surface area contributed by atoms with E-state index in [1.165, 1.54) is 12.0 Å². The summed E-state index contributed by atoms with van der Waals surface area (Å²) in [6, 6.07) is 15.6. The quantitative estimate of drug-likeness (QED) is 0.331. The van der Waals surface area contributed by atoms with Gasteiger partial charge in [-0.2, -0.15) is 0 Å². The van der Waals surface area contributed by atoms with E-state index >= 15 is 0 Å². The van der Waals surface area contributed by atoms with Crippen molar-refractivity contribution in [3.8, 4) is 5.75 Å². The number of hydrogen-bond acceptors (Lipinski definition) is 5. The van der Waals surface area contributed by atoms with Crippen LogP contribution in [0.3, 0.4) is 0 Å². The molecule has 2 saturated heterocycles. The second-order valence-corrected chi connectivity index (χ2v) is 11.2. The van der Waals surface area contributed by atoms with Gasteiger partial charge in [0, 0.05) is 31.9 Å². The Labute approximate surface area is 230 Å². The first-order valence-corrected chi connectivity index (χ1v) is 14.2. The third-order valence-corrected chi connectivity index (χ3v) is 8.77. The van der Waals surface area contributed by atoms with E-state index in [-0.39, 0.29) is 18.4 Å². The smallest absolute Gasteiger partial charge is 0.327 e. The van der Waals surface area contributed by atoms with E-state index < -0.39 is 11.5 Å². The van der Waals surface area contributed by atoms with E-state index in [9.17, 15) is 19.5 Å². The minimum Gasteiger partial charge on any atom is -0.497 e. The minimum atomic E-state index is -0.853. The Morgan fingerprint density at radius 3 is 2.41 bits per heavy atom. The number of imide groups is 1. The van der Waals surface area contributed by atoms with Crippen LogP contribution in [0.5, 0.6) is 5.75 Å². The first-order valence-electron chi connectivity index (χ1n) is 14.2. The van der Waals surface area contributed by atoms with Crippen molar-refractivity contribution in [1.29, 1.82) is 0 Å². The molecule has 1 saturated carbocycles. The Hall–Kier alpha value is -3.55. The number of amides is 3. The van der Waals surface area contributed by atoms with Crippen molar-refractivity contribution in [2.45, 2.75) is 63.3 Å². The summed E-state index contributed by atoms with van der Waals surface area (Å²) in [4.78, 5) is 44.4. The lowest BCUT2D eigenvalue weighted by atomic mass is 9.83. The maximum absolute atomic E-state index is 13.9. The molecule has 208 valence electrons. The molecule has 3 fully saturated rings. The monoisotopic (exact) mass is 533 g/mol.